The predicted molar refractivity (Wildman–Crippen MR) is 47.8 cm³/mol. The van der Waals surface area contributed by atoms with Crippen LogP contribution in [0.15, 0.2) is 12.1 Å². The number of carboxylic acids is 1. The van der Waals surface area contributed by atoms with Gasteiger partial charge < -0.3 is 5.11 Å². The Balaban J connectivity index is 0.00000121. The summed E-state index contributed by atoms with van der Waals surface area (Å²) in [4.78, 5) is 14.5. The molecule has 0 saturated carbocycles. The zero-order chi connectivity index (χ0) is 8.43. The second-order valence-corrected chi connectivity index (χ2v) is 2.39. The maximum atomic E-state index is 10.5. The molecule has 12 heavy (non-hydrogen) atoms. The van der Waals surface area contributed by atoms with Crippen LogP contribution in [0.2, 0.25) is 0 Å². The third-order valence-corrected chi connectivity index (χ3v) is 1.46. The van der Waals surface area contributed by atoms with Gasteiger partial charge in [0, 0.05) is 5.69 Å². The fourth-order valence-electron chi connectivity index (χ4n) is 0.913. The predicted octanol–water partition coefficient (Wildman–Crippen LogP) is 0.748. The third kappa shape index (κ3) is 2.59. The van der Waals surface area contributed by atoms with Crippen LogP contribution in [0, 0.1) is 13.8 Å². The number of pyridine rings is 1. The maximum absolute atomic E-state index is 10.5. The van der Waals surface area contributed by atoms with Gasteiger partial charge in [0.05, 0.1) is 11.3 Å². The summed E-state index contributed by atoms with van der Waals surface area (Å²) in [7, 11) is 0. The Labute approximate surface area is 93.1 Å². The molecule has 3 nitrogen and oxygen atoms in total. The van der Waals surface area contributed by atoms with Gasteiger partial charge in [-0.15, -0.1) is 0 Å². The SMILES string of the molecule is Cc1ccc(C(=O)O)c(C)n1.[NaH]. The molecule has 0 aromatic carbocycles. The van der Waals surface area contributed by atoms with Gasteiger partial charge in [0.25, 0.3) is 0 Å². The first-order valence-corrected chi connectivity index (χ1v) is 3.29. The number of nitrogens with zero attached hydrogens (tertiary/aromatic N) is 1. The molecule has 1 N–H and O–H groups in total. The Bertz CT molecular complexity index is 299. The Morgan fingerprint density at radius 1 is 1.42 bits per heavy atom. The van der Waals surface area contributed by atoms with E-state index >= 15 is 0 Å². The van der Waals surface area contributed by atoms with Gasteiger partial charge in [-0.2, -0.15) is 0 Å². The summed E-state index contributed by atoms with van der Waals surface area (Å²) in [6, 6.07) is 3.26. The standard InChI is InChI=1S/C8H9NO2.Na.H/c1-5-3-4-7(8(10)11)6(2)9-5;;/h3-4H,1-2H3,(H,10,11);;. The van der Waals surface area contributed by atoms with Crippen LogP contribution in [0.4, 0.5) is 0 Å². The molecule has 1 aromatic rings. The summed E-state index contributed by atoms with van der Waals surface area (Å²) >= 11 is 0. The van der Waals surface area contributed by atoms with Crippen LogP contribution < -0.4 is 0 Å². The summed E-state index contributed by atoms with van der Waals surface area (Å²) in [6.45, 7) is 3.52. The Kier molecular flexibility index (Phi) is 4.45. The Hall–Kier alpha value is -0.380. The Morgan fingerprint density at radius 3 is 2.42 bits per heavy atom. The molecule has 0 spiro atoms. The molecule has 0 amide bonds. The summed E-state index contributed by atoms with van der Waals surface area (Å²) in [5.74, 6) is -0.921. The van der Waals surface area contributed by atoms with E-state index in [1.807, 2.05) is 6.92 Å². The van der Waals surface area contributed by atoms with Gasteiger partial charge in [-0.25, -0.2) is 4.79 Å². The molecule has 1 rings (SSSR count). The second-order valence-electron chi connectivity index (χ2n) is 2.39. The van der Waals surface area contributed by atoms with Crippen LogP contribution in [0.25, 0.3) is 0 Å². The molecule has 0 aliphatic heterocycles. The van der Waals surface area contributed by atoms with E-state index in [2.05, 4.69) is 4.98 Å². The van der Waals surface area contributed by atoms with Crippen molar-refractivity contribution in [2.75, 3.05) is 0 Å². The van der Waals surface area contributed by atoms with Crippen molar-refractivity contribution < 1.29 is 9.90 Å². The molecule has 1 aromatic heterocycles. The number of hydrogen-bond donors (Lipinski definition) is 1. The van der Waals surface area contributed by atoms with Gasteiger partial charge in [0.15, 0.2) is 0 Å². The first kappa shape index (κ1) is 11.6. The van der Waals surface area contributed by atoms with E-state index in [0.29, 0.717) is 5.69 Å². The van der Waals surface area contributed by atoms with Crippen LogP contribution in [0.5, 0.6) is 0 Å². The molecule has 0 aliphatic carbocycles. The van der Waals surface area contributed by atoms with Gasteiger partial charge in [0.2, 0.25) is 0 Å². The van der Waals surface area contributed by atoms with Crippen molar-refractivity contribution in [2.45, 2.75) is 13.8 Å². The van der Waals surface area contributed by atoms with Crippen molar-refractivity contribution in [3.05, 3.63) is 29.1 Å². The van der Waals surface area contributed by atoms with Gasteiger partial charge >= 0.3 is 35.5 Å². The number of aromatic carboxylic acids is 1. The van der Waals surface area contributed by atoms with E-state index in [0.717, 1.165) is 5.69 Å². The van der Waals surface area contributed by atoms with E-state index < -0.39 is 5.97 Å². The summed E-state index contributed by atoms with van der Waals surface area (Å²) in [5, 5.41) is 8.62. The zero-order valence-corrected chi connectivity index (χ0v) is 6.46. The molecule has 1 heterocycles. The number of rotatable bonds is 1. The van der Waals surface area contributed by atoms with Gasteiger partial charge in [-0.3, -0.25) is 4.98 Å². The van der Waals surface area contributed by atoms with E-state index in [4.69, 9.17) is 5.11 Å². The monoisotopic (exact) mass is 175 g/mol. The van der Waals surface area contributed by atoms with Crippen molar-refractivity contribution in [2.24, 2.45) is 0 Å². The number of carbonyl (C=O) groups is 1. The third-order valence-electron chi connectivity index (χ3n) is 1.46. The summed E-state index contributed by atoms with van der Waals surface area (Å²) in [6.07, 6.45) is 0. The van der Waals surface area contributed by atoms with E-state index in [1.54, 1.807) is 19.1 Å². The van der Waals surface area contributed by atoms with Gasteiger partial charge in [-0.05, 0) is 26.0 Å². The van der Waals surface area contributed by atoms with Crippen molar-refractivity contribution in [1.29, 1.82) is 0 Å². The normalized spacial score (nSPS) is 8.83. The molecular formula is C8H10NNaO2. The van der Waals surface area contributed by atoms with Gasteiger partial charge in [0.1, 0.15) is 0 Å². The van der Waals surface area contributed by atoms with Crippen molar-refractivity contribution >= 4 is 35.5 Å². The molecule has 0 saturated heterocycles. The molecule has 0 radical (unpaired) electrons. The minimum atomic E-state index is -0.921. The van der Waals surface area contributed by atoms with E-state index in [9.17, 15) is 4.79 Å². The first-order chi connectivity index (χ1) is 5.11. The summed E-state index contributed by atoms with van der Waals surface area (Å²) in [5.41, 5.74) is 1.68. The molecule has 4 heteroatoms. The number of hydrogen-bond acceptors (Lipinski definition) is 2. The topological polar surface area (TPSA) is 50.2 Å². The average molecular weight is 175 g/mol. The molecule has 0 bridgehead atoms. The molecule has 60 valence electrons. The van der Waals surface area contributed by atoms with Crippen LogP contribution in [0.3, 0.4) is 0 Å². The molecule has 0 fully saturated rings. The number of carboxylic acid groups (broad SMARTS) is 1. The fraction of sp³-hybridized carbons (Fsp3) is 0.250. The molecule has 0 atom stereocenters. The minimum absolute atomic E-state index is 0. The second kappa shape index (κ2) is 4.60. The van der Waals surface area contributed by atoms with E-state index in [1.165, 1.54) is 0 Å². The van der Waals surface area contributed by atoms with Crippen molar-refractivity contribution in [3.63, 3.8) is 0 Å². The van der Waals surface area contributed by atoms with Crippen LogP contribution >= 0.6 is 0 Å². The van der Waals surface area contributed by atoms with Crippen LogP contribution in [0.1, 0.15) is 21.7 Å². The average Bonchev–Trinajstić information content (AvgIpc) is 1.85. The quantitative estimate of drug-likeness (QED) is 0.640. The van der Waals surface area contributed by atoms with E-state index in [-0.39, 0.29) is 35.1 Å². The van der Waals surface area contributed by atoms with Crippen molar-refractivity contribution in [3.8, 4) is 0 Å². The molecule has 0 unspecified atom stereocenters. The zero-order valence-electron chi connectivity index (χ0n) is 6.46. The number of aromatic nitrogens is 1. The molecular weight excluding hydrogens is 165 g/mol. The first-order valence-electron chi connectivity index (χ1n) is 3.29. The molecule has 0 aliphatic rings. The van der Waals surface area contributed by atoms with Gasteiger partial charge in [-0.1, -0.05) is 0 Å². The van der Waals surface area contributed by atoms with Crippen LogP contribution in [-0.2, 0) is 0 Å². The summed E-state index contributed by atoms with van der Waals surface area (Å²) < 4.78 is 0. The van der Waals surface area contributed by atoms with Crippen molar-refractivity contribution in [1.82, 2.24) is 4.98 Å². The van der Waals surface area contributed by atoms with Crippen LogP contribution in [-0.4, -0.2) is 45.6 Å². The Morgan fingerprint density at radius 2 is 2.00 bits per heavy atom. The fourth-order valence-corrected chi connectivity index (χ4v) is 0.913. The number of aryl methyl sites for hydroxylation is 2.